The summed E-state index contributed by atoms with van der Waals surface area (Å²) in [5, 5.41) is 9.82. The number of thioether (sulfide) groups is 1. The zero-order valence-electron chi connectivity index (χ0n) is 9.43. The van der Waals surface area contributed by atoms with Gasteiger partial charge in [0.25, 0.3) is 0 Å². The molecule has 0 saturated carbocycles. The fourth-order valence-corrected chi connectivity index (χ4v) is 3.87. The van der Waals surface area contributed by atoms with Crippen molar-refractivity contribution in [2.24, 2.45) is 5.92 Å². The van der Waals surface area contributed by atoms with Gasteiger partial charge in [-0.25, -0.2) is 4.98 Å². The number of hydrogen-bond acceptors (Lipinski definition) is 3. The zero-order chi connectivity index (χ0) is 11.0. The molecule has 0 amide bonds. The highest BCUT2D eigenvalue weighted by molar-refractivity contribution is 7.99. The first-order chi connectivity index (χ1) is 7.86. The molecule has 2 aliphatic rings. The zero-order valence-corrected chi connectivity index (χ0v) is 10.2. The normalized spacial score (nSPS) is 29.3. The summed E-state index contributed by atoms with van der Waals surface area (Å²) in [6, 6.07) is 0. The summed E-state index contributed by atoms with van der Waals surface area (Å²) >= 11 is 2.04. The van der Waals surface area contributed by atoms with Crippen LogP contribution in [0.25, 0.3) is 0 Å². The molecule has 2 atom stereocenters. The van der Waals surface area contributed by atoms with E-state index in [1.807, 2.05) is 11.8 Å². The Morgan fingerprint density at radius 2 is 2.44 bits per heavy atom. The molecule has 88 valence electrons. The van der Waals surface area contributed by atoms with Gasteiger partial charge in [-0.05, 0) is 30.9 Å². The van der Waals surface area contributed by atoms with Crippen LogP contribution in [0.15, 0.2) is 6.20 Å². The van der Waals surface area contributed by atoms with Crippen LogP contribution in [0.3, 0.4) is 0 Å². The van der Waals surface area contributed by atoms with Crippen LogP contribution in [0.5, 0.6) is 0 Å². The van der Waals surface area contributed by atoms with Gasteiger partial charge in [-0.2, -0.15) is 11.8 Å². The summed E-state index contributed by atoms with van der Waals surface area (Å²) in [7, 11) is 0. The molecule has 3 nitrogen and oxygen atoms in total. The Morgan fingerprint density at radius 3 is 3.19 bits per heavy atom. The van der Waals surface area contributed by atoms with Crippen molar-refractivity contribution in [3.8, 4) is 0 Å². The third-order valence-corrected chi connectivity index (χ3v) is 5.05. The number of imidazole rings is 1. The second-order valence-corrected chi connectivity index (χ2v) is 6.13. The van der Waals surface area contributed by atoms with Gasteiger partial charge in [-0.3, -0.25) is 0 Å². The summed E-state index contributed by atoms with van der Waals surface area (Å²) < 4.78 is 2.29. The molecular weight excluding hydrogens is 220 g/mol. The van der Waals surface area contributed by atoms with E-state index in [1.165, 1.54) is 30.1 Å². The standard InChI is InChI=1S/C12H18N2OS/c15-8-9-3-4-14-7-10(13-12(14)6-9)11-2-1-5-16-11/h7,9,11,15H,1-6,8H2. The van der Waals surface area contributed by atoms with Crippen molar-refractivity contribution in [3.05, 3.63) is 17.7 Å². The lowest BCUT2D eigenvalue weighted by molar-refractivity contribution is 0.199. The van der Waals surface area contributed by atoms with Crippen LogP contribution < -0.4 is 0 Å². The average Bonchev–Trinajstić information content (AvgIpc) is 2.96. The summed E-state index contributed by atoms with van der Waals surface area (Å²) in [5.41, 5.74) is 1.27. The van der Waals surface area contributed by atoms with Crippen LogP contribution in [0.2, 0.25) is 0 Å². The monoisotopic (exact) mass is 238 g/mol. The van der Waals surface area contributed by atoms with E-state index >= 15 is 0 Å². The first kappa shape index (κ1) is 10.7. The van der Waals surface area contributed by atoms with Crippen LogP contribution in [-0.2, 0) is 13.0 Å². The van der Waals surface area contributed by atoms with Gasteiger partial charge in [0, 0.05) is 31.0 Å². The number of hydrogen-bond donors (Lipinski definition) is 1. The summed E-state index contributed by atoms with van der Waals surface area (Å²) in [5.74, 6) is 2.90. The smallest absolute Gasteiger partial charge is 0.109 e. The van der Waals surface area contributed by atoms with E-state index in [-0.39, 0.29) is 0 Å². The first-order valence-electron chi connectivity index (χ1n) is 6.15. The molecule has 16 heavy (non-hydrogen) atoms. The fourth-order valence-electron chi connectivity index (χ4n) is 2.64. The van der Waals surface area contributed by atoms with Crippen molar-refractivity contribution in [2.45, 2.75) is 37.5 Å². The quantitative estimate of drug-likeness (QED) is 0.856. The predicted octanol–water partition coefficient (Wildman–Crippen LogP) is 2.01. The highest BCUT2D eigenvalue weighted by Gasteiger charge is 2.25. The molecule has 0 aliphatic carbocycles. The Labute approximate surface area is 100 Å². The molecule has 0 spiro atoms. The van der Waals surface area contributed by atoms with E-state index in [0.717, 1.165) is 19.4 Å². The van der Waals surface area contributed by atoms with Crippen molar-refractivity contribution in [1.82, 2.24) is 9.55 Å². The van der Waals surface area contributed by atoms with Crippen LogP contribution in [0.4, 0.5) is 0 Å². The molecular formula is C12H18N2OS. The van der Waals surface area contributed by atoms with Gasteiger partial charge in [0.05, 0.1) is 5.69 Å². The van der Waals surface area contributed by atoms with Crippen LogP contribution >= 0.6 is 11.8 Å². The SMILES string of the molecule is OCC1CCn2cc(C3CCCS3)nc2C1. The lowest BCUT2D eigenvalue weighted by Gasteiger charge is -2.20. The van der Waals surface area contributed by atoms with Gasteiger partial charge < -0.3 is 9.67 Å². The lowest BCUT2D eigenvalue weighted by Crippen LogP contribution is -2.21. The predicted molar refractivity (Wildman–Crippen MR) is 65.6 cm³/mol. The van der Waals surface area contributed by atoms with Crippen molar-refractivity contribution in [1.29, 1.82) is 0 Å². The molecule has 3 rings (SSSR count). The minimum atomic E-state index is 0.306. The molecule has 3 heterocycles. The summed E-state index contributed by atoms with van der Waals surface area (Å²) in [6.07, 6.45) is 6.90. The Bertz CT molecular complexity index is 371. The van der Waals surface area contributed by atoms with Gasteiger partial charge in [-0.15, -0.1) is 0 Å². The van der Waals surface area contributed by atoms with Crippen LogP contribution in [-0.4, -0.2) is 27.0 Å². The van der Waals surface area contributed by atoms with E-state index in [0.29, 0.717) is 17.8 Å². The second-order valence-electron chi connectivity index (χ2n) is 4.82. The molecule has 1 saturated heterocycles. The van der Waals surface area contributed by atoms with Gasteiger partial charge in [0.1, 0.15) is 5.82 Å². The maximum Gasteiger partial charge on any atom is 0.109 e. The molecule has 1 N–H and O–H groups in total. The van der Waals surface area contributed by atoms with Crippen molar-refractivity contribution < 1.29 is 5.11 Å². The van der Waals surface area contributed by atoms with Crippen molar-refractivity contribution >= 4 is 11.8 Å². The number of aliphatic hydroxyl groups excluding tert-OH is 1. The van der Waals surface area contributed by atoms with Crippen molar-refractivity contribution in [2.75, 3.05) is 12.4 Å². The maximum atomic E-state index is 9.19. The number of fused-ring (bicyclic) bond motifs is 1. The number of aryl methyl sites for hydroxylation is 1. The van der Waals surface area contributed by atoms with Gasteiger partial charge in [0.2, 0.25) is 0 Å². The van der Waals surface area contributed by atoms with E-state index < -0.39 is 0 Å². The Balaban J connectivity index is 1.80. The van der Waals surface area contributed by atoms with E-state index in [1.54, 1.807) is 0 Å². The molecule has 2 unspecified atom stereocenters. The average molecular weight is 238 g/mol. The topological polar surface area (TPSA) is 38.0 Å². The van der Waals surface area contributed by atoms with Gasteiger partial charge >= 0.3 is 0 Å². The Morgan fingerprint density at radius 1 is 1.50 bits per heavy atom. The number of aliphatic hydroxyl groups is 1. The Hall–Kier alpha value is -0.480. The minimum absolute atomic E-state index is 0.306. The van der Waals surface area contributed by atoms with Gasteiger partial charge in [0.15, 0.2) is 0 Å². The van der Waals surface area contributed by atoms with E-state index in [4.69, 9.17) is 4.98 Å². The summed E-state index contributed by atoms with van der Waals surface area (Å²) in [4.78, 5) is 4.76. The van der Waals surface area contributed by atoms with E-state index in [2.05, 4.69) is 10.8 Å². The van der Waals surface area contributed by atoms with Crippen LogP contribution in [0.1, 0.15) is 36.0 Å². The summed E-state index contributed by atoms with van der Waals surface area (Å²) in [6.45, 7) is 1.34. The number of rotatable bonds is 2. The Kier molecular flexibility index (Phi) is 2.94. The molecule has 1 aromatic rings. The first-order valence-corrected chi connectivity index (χ1v) is 7.20. The fraction of sp³-hybridized carbons (Fsp3) is 0.750. The van der Waals surface area contributed by atoms with Crippen LogP contribution in [0, 0.1) is 5.92 Å². The third-order valence-electron chi connectivity index (χ3n) is 3.65. The van der Waals surface area contributed by atoms with Crippen molar-refractivity contribution in [3.63, 3.8) is 0 Å². The number of nitrogens with zero attached hydrogens (tertiary/aromatic N) is 2. The molecule has 0 radical (unpaired) electrons. The molecule has 0 aromatic carbocycles. The largest absolute Gasteiger partial charge is 0.396 e. The highest BCUT2D eigenvalue weighted by Crippen LogP contribution is 2.39. The maximum absolute atomic E-state index is 9.19. The van der Waals surface area contributed by atoms with Gasteiger partial charge in [-0.1, -0.05) is 0 Å². The molecule has 1 aromatic heterocycles. The number of aromatic nitrogens is 2. The van der Waals surface area contributed by atoms with E-state index in [9.17, 15) is 5.11 Å². The molecule has 1 fully saturated rings. The second kappa shape index (κ2) is 4.41. The molecule has 4 heteroatoms. The highest BCUT2D eigenvalue weighted by atomic mass is 32.2. The molecule has 0 bridgehead atoms. The third kappa shape index (κ3) is 1.89. The lowest BCUT2D eigenvalue weighted by atomic mass is 9.99. The molecule has 2 aliphatic heterocycles. The minimum Gasteiger partial charge on any atom is -0.396 e.